The Labute approximate surface area is 85.5 Å². The zero-order valence-electron chi connectivity index (χ0n) is 8.87. The highest BCUT2D eigenvalue weighted by Crippen LogP contribution is 2.19. The Balaban J connectivity index is 1.76. The summed E-state index contributed by atoms with van der Waals surface area (Å²) < 4.78 is 2.05. The van der Waals surface area contributed by atoms with E-state index in [0.717, 1.165) is 19.1 Å². The molecule has 1 aliphatic carbocycles. The number of nitrogens with zero attached hydrogens (tertiary/aromatic N) is 2. The van der Waals surface area contributed by atoms with Crippen LogP contribution in [-0.4, -0.2) is 15.8 Å². The van der Waals surface area contributed by atoms with Crippen molar-refractivity contribution in [2.45, 2.75) is 51.7 Å². The minimum absolute atomic E-state index is 0.786. The highest BCUT2D eigenvalue weighted by molar-refractivity contribution is 5.04. The van der Waals surface area contributed by atoms with Gasteiger partial charge in [0, 0.05) is 30.9 Å². The molecule has 3 nitrogen and oxygen atoms in total. The topological polar surface area (TPSA) is 29.9 Å². The van der Waals surface area contributed by atoms with Crippen LogP contribution in [0, 0.1) is 0 Å². The van der Waals surface area contributed by atoms with Crippen molar-refractivity contribution in [3.05, 3.63) is 18.0 Å². The predicted octanol–water partition coefficient (Wildman–Crippen LogP) is 1.94. The molecule has 1 aromatic rings. The molecule has 3 heteroatoms. The molecule has 0 aliphatic heterocycles. The van der Waals surface area contributed by atoms with Gasteiger partial charge in [0.05, 0.1) is 6.20 Å². The van der Waals surface area contributed by atoms with Crippen LogP contribution in [0.5, 0.6) is 0 Å². The van der Waals surface area contributed by atoms with E-state index in [1.54, 1.807) is 0 Å². The van der Waals surface area contributed by atoms with Crippen LogP contribution < -0.4 is 5.32 Å². The lowest BCUT2D eigenvalue weighted by Crippen LogP contribution is -2.14. The molecular weight excluding hydrogens is 174 g/mol. The third kappa shape index (κ3) is 2.84. The van der Waals surface area contributed by atoms with E-state index in [4.69, 9.17) is 0 Å². The largest absolute Gasteiger partial charge is 0.310 e. The van der Waals surface area contributed by atoms with E-state index in [1.807, 2.05) is 10.9 Å². The van der Waals surface area contributed by atoms with Gasteiger partial charge in [-0.3, -0.25) is 4.68 Å². The van der Waals surface area contributed by atoms with Crippen molar-refractivity contribution in [2.75, 3.05) is 0 Å². The van der Waals surface area contributed by atoms with Crippen LogP contribution in [-0.2, 0) is 13.1 Å². The Kier molecular flexibility index (Phi) is 3.19. The minimum Gasteiger partial charge on any atom is -0.310 e. The Morgan fingerprint density at radius 3 is 3.14 bits per heavy atom. The van der Waals surface area contributed by atoms with Crippen LogP contribution in [0.2, 0.25) is 0 Å². The van der Waals surface area contributed by atoms with E-state index in [-0.39, 0.29) is 0 Å². The highest BCUT2D eigenvalue weighted by Gasteiger charge is 2.19. The van der Waals surface area contributed by atoms with Crippen molar-refractivity contribution >= 4 is 0 Å². The quantitative estimate of drug-likeness (QED) is 0.748. The summed E-state index contributed by atoms with van der Waals surface area (Å²) in [6.45, 7) is 4.25. The van der Waals surface area contributed by atoms with Crippen LogP contribution in [0.4, 0.5) is 0 Å². The molecule has 0 unspecified atom stereocenters. The average molecular weight is 193 g/mol. The van der Waals surface area contributed by atoms with Gasteiger partial charge in [-0.05, 0) is 19.3 Å². The molecule has 0 bridgehead atoms. The summed E-state index contributed by atoms with van der Waals surface area (Å²) in [5.41, 5.74) is 1.31. The van der Waals surface area contributed by atoms with Crippen molar-refractivity contribution in [3.63, 3.8) is 0 Å². The molecule has 1 N–H and O–H groups in total. The maximum absolute atomic E-state index is 4.33. The molecule has 1 heterocycles. The van der Waals surface area contributed by atoms with E-state index in [0.29, 0.717) is 0 Å². The molecule has 1 aliphatic rings. The number of nitrogens with one attached hydrogen (secondary N) is 1. The standard InChI is InChI=1S/C11H19N3/c1-2-3-6-14-9-10(8-13-14)7-12-11-4-5-11/h8-9,11-12H,2-7H2,1H3. The predicted molar refractivity (Wildman–Crippen MR) is 57.0 cm³/mol. The molecular formula is C11H19N3. The Morgan fingerprint density at radius 2 is 2.43 bits per heavy atom. The smallest absolute Gasteiger partial charge is 0.0534 e. The minimum atomic E-state index is 0.786. The molecule has 78 valence electrons. The van der Waals surface area contributed by atoms with Gasteiger partial charge in [0.2, 0.25) is 0 Å². The number of aryl methyl sites for hydroxylation is 1. The molecule has 0 amide bonds. The first-order valence-electron chi connectivity index (χ1n) is 5.63. The first-order chi connectivity index (χ1) is 6.88. The number of unbranched alkanes of at least 4 members (excludes halogenated alkanes) is 1. The van der Waals surface area contributed by atoms with Gasteiger partial charge in [-0.1, -0.05) is 13.3 Å². The molecule has 0 atom stereocenters. The zero-order valence-corrected chi connectivity index (χ0v) is 8.87. The van der Waals surface area contributed by atoms with E-state index in [2.05, 4.69) is 23.5 Å². The second-order valence-corrected chi connectivity index (χ2v) is 4.12. The average Bonchev–Trinajstić information content (AvgIpc) is 2.92. The van der Waals surface area contributed by atoms with Gasteiger partial charge in [-0.25, -0.2) is 0 Å². The highest BCUT2D eigenvalue weighted by atomic mass is 15.3. The number of rotatable bonds is 6. The van der Waals surface area contributed by atoms with Crippen molar-refractivity contribution in [2.24, 2.45) is 0 Å². The maximum atomic E-state index is 4.33. The monoisotopic (exact) mass is 193 g/mol. The Hall–Kier alpha value is -0.830. The first-order valence-corrected chi connectivity index (χ1v) is 5.63. The SMILES string of the molecule is CCCCn1cc(CNC2CC2)cn1. The van der Waals surface area contributed by atoms with E-state index < -0.39 is 0 Å². The van der Waals surface area contributed by atoms with Crippen molar-refractivity contribution in [1.82, 2.24) is 15.1 Å². The summed E-state index contributed by atoms with van der Waals surface area (Å²) in [5.74, 6) is 0. The third-order valence-corrected chi connectivity index (χ3v) is 2.60. The molecule has 1 aromatic heterocycles. The van der Waals surface area contributed by atoms with Gasteiger partial charge in [-0.2, -0.15) is 5.10 Å². The van der Waals surface area contributed by atoms with Gasteiger partial charge in [-0.15, -0.1) is 0 Å². The molecule has 0 radical (unpaired) electrons. The lowest BCUT2D eigenvalue weighted by atomic mass is 10.3. The van der Waals surface area contributed by atoms with Crippen molar-refractivity contribution in [1.29, 1.82) is 0 Å². The fourth-order valence-electron chi connectivity index (χ4n) is 1.49. The summed E-state index contributed by atoms with van der Waals surface area (Å²) in [7, 11) is 0. The number of hydrogen-bond donors (Lipinski definition) is 1. The molecule has 1 fully saturated rings. The van der Waals surface area contributed by atoms with Crippen LogP contribution in [0.1, 0.15) is 38.2 Å². The summed E-state index contributed by atoms with van der Waals surface area (Å²) in [6.07, 6.45) is 9.29. The molecule has 0 spiro atoms. The lowest BCUT2D eigenvalue weighted by molar-refractivity contribution is 0.570. The third-order valence-electron chi connectivity index (χ3n) is 2.60. The van der Waals surface area contributed by atoms with E-state index in [1.165, 1.54) is 31.2 Å². The normalized spacial score (nSPS) is 16.1. The number of aromatic nitrogens is 2. The van der Waals surface area contributed by atoms with E-state index in [9.17, 15) is 0 Å². The van der Waals surface area contributed by atoms with Gasteiger partial charge in [0.15, 0.2) is 0 Å². The van der Waals surface area contributed by atoms with Crippen LogP contribution in [0.25, 0.3) is 0 Å². The molecule has 0 saturated heterocycles. The maximum Gasteiger partial charge on any atom is 0.0534 e. The second-order valence-electron chi connectivity index (χ2n) is 4.12. The van der Waals surface area contributed by atoms with Crippen LogP contribution in [0.15, 0.2) is 12.4 Å². The molecule has 2 rings (SSSR count). The van der Waals surface area contributed by atoms with Crippen molar-refractivity contribution in [3.8, 4) is 0 Å². The van der Waals surface area contributed by atoms with Crippen LogP contribution in [0.3, 0.4) is 0 Å². The van der Waals surface area contributed by atoms with Gasteiger partial charge >= 0.3 is 0 Å². The van der Waals surface area contributed by atoms with Gasteiger partial charge in [0.25, 0.3) is 0 Å². The summed E-state index contributed by atoms with van der Waals surface area (Å²) >= 11 is 0. The lowest BCUT2D eigenvalue weighted by Gasteiger charge is -1.99. The number of hydrogen-bond acceptors (Lipinski definition) is 2. The fraction of sp³-hybridized carbons (Fsp3) is 0.727. The molecule has 0 aromatic carbocycles. The zero-order chi connectivity index (χ0) is 9.80. The van der Waals surface area contributed by atoms with Crippen LogP contribution >= 0.6 is 0 Å². The summed E-state index contributed by atoms with van der Waals surface area (Å²) in [6, 6.07) is 0.786. The van der Waals surface area contributed by atoms with Gasteiger partial charge < -0.3 is 5.32 Å². The Morgan fingerprint density at radius 1 is 1.57 bits per heavy atom. The van der Waals surface area contributed by atoms with Crippen molar-refractivity contribution < 1.29 is 0 Å². The Bertz CT molecular complexity index is 276. The first kappa shape index (κ1) is 9.71. The van der Waals surface area contributed by atoms with Gasteiger partial charge in [0.1, 0.15) is 0 Å². The summed E-state index contributed by atoms with van der Waals surface area (Å²) in [5, 5.41) is 7.82. The van der Waals surface area contributed by atoms with E-state index >= 15 is 0 Å². The molecule has 14 heavy (non-hydrogen) atoms. The fourth-order valence-corrected chi connectivity index (χ4v) is 1.49. The summed E-state index contributed by atoms with van der Waals surface area (Å²) in [4.78, 5) is 0. The molecule has 1 saturated carbocycles. The second kappa shape index (κ2) is 4.60.